The number of aromatic nitrogens is 5. The molecule has 4 N–H and O–H groups in total. The molecule has 2 aliphatic heterocycles. The molecule has 2 fully saturated rings. The zero-order valence-corrected chi connectivity index (χ0v) is 24.9. The van der Waals surface area contributed by atoms with Crippen LogP contribution in [0.15, 0.2) is 73.1 Å². The van der Waals surface area contributed by atoms with Crippen LogP contribution in [-0.2, 0) is 16.1 Å². The maximum atomic E-state index is 15.0. The lowest BCUT2D eigenvalue weighted by molar-refractivity contribution is -0.133. The number of pyridine rings is 1. The Balaban J connectivity index is 1.02. The van der Waals surface area contributed by atoms with Crippen molar-refractivity contribution in [1.29, 1.82) is 0 Å². The number of carbonyl (C=O) groups excluding carboxylic acids is 2. The molecule has 7 rings (SSSR count). The van der Waals surface area contributed by atoms with Crippen LogP contribution < -0.4 is 21.1 Å². The van der Waals surface area contributed by atoms with Crippen LogP contribution in [0, 0.1) is 5.95 Å². The first-order valence-electron chi connectivity index (χ1n) is 15.2. The van der Waals surface area contributed by atoms with Crippen molar-refractivity contribution < 1.29 is 18.7 Å². The van der Waals surface area contributed by atoms with Crippen molar-refractivity contribution >= 4 is 34.5 Å². The number of fused-ring (bicyclic) bond motifs is 1. The van der Waals surface area contributed by atoms with Gasteiger partial charge in [0, 0.05) is 37.2 Å². The van der Waals surface area contributed by atoms with Gasteiger partial charge in [0.15, 0.2) is 5.65 Å². The zero-order valence-electron chi connectivity index (χ0n) is 24.9. The molecule has 0 aliphatic carbocycles. The molecule has 0 bridgehead atoms. The molecule has 0 spiro atoms. The van der Waals surface area contributed by atoms with E-state index in [0.29, 0.717) is 46.8 Å². The van der Waals surface area contributed by atoms with Gasteiger partial charge in [-0.25, -0.2) is 19.6 Å². The van der Waals surface area contributed by atoms with Gasteiger partial charge in [0.25, 0.3) is 0 Å². The Morgan fingerprint density at radius 3 is 2.46 bits per heavy atom. The summed E-state index contributed by atoms with van der Waals surface area (Å²) < 4.78 is 22.9. The van der Waals surface area contributed by atoms with Crippen molar-refractivity contribution in [3.05, 3.63) is 84.6 Å². The molecular formula is C33H32FN9O3. The average molecular weight is 622 g/mol. The third kappa shape index (κ3) is 6.09. The Bertz CT molecular complexity index is 1890. The smallest absolute Gasteiger partial charge is 0.249 e. The molecule has 2 amide bonds. The third-order valence-electron chi connectivity index (χ3n) is 8.41. The minimum atomic E-state index is -0.623. The van der Waals surface area contributed by atoms with Crippen LogP contribution in [0.25, 0.3) is 22.3 Å². The second-order valence-electron chi connectivity index (χ2n) is 11.5. The number of para-hydroxylation sites is 1. The van der Waals surface area contributed by atoms with Crippen LogP contribution in [-0.4, -0.2) is 60.6 Å². The van der Waals surface area contributed by atoms with Gasteiger partial charge in [0.1, 0.15) is 41.2 Å². The molecular weight excluding hydrogens is 589 g/mol. The lowest BCUT2D eigenvalue weighted by atomic mass is 10.0. The fraction of sp³-hybridized carbons (Fsp3) is 0.273. The van der Waals surface area contributed by atoms with Crippen LogP contribution in [0.4, 0.5) is 16.0 Å². The first-order chi connectivity index (χ1) is 22.4. The van der Waals surface area contributed by atoms with E-state index < -0.39 is 17.9 Å². The molecule has 5 aromatic rings. The summed E-state index contributed by atoms with van der Waals surface area (Å²) in [6.07, 6.45) is 3.60. The number of hydrogen-bond donors (Lipinski definition) is 3. The molecule has 13 heteroatoms. The highest BCUT2D eigenvalue weighted by Crippen LogP contribution is 2.35. The largest absolute Gasteiger partial charge is 0.457 e. The molecule has 0 radical (unpaired) electrons. The average Bonchev–Trinajstić information content (AvgIpc) is 3.46. The number of hydrogen-bond acceptors (Lipinski definition) is 10. The van der Waals surface area contributed by atoms with E-state index in [9.17, 15) is 14.0 Å². The van der Waals surface area contributed by atoms with E-state index in [-0.39, 0.29) is 24.2 Å². The maximum Gasteiger partial charge on any atom is 0.249 e. The monoisotopic (exact) mass is 621 g/mol. The summed E-state index contributed by atoms with van der Waals surface area (Å²) in [5, 5.41) is 10.9. The van der Waals surface area contributed by atoms with Gasteiger partial charge >= 0.3 is 0 Å². The number of nitrogens with one attached hydrogen (secondary N) is 2. The van der Waals surface area contributed by atoms with Gasteiger partial charge in [0.2, 0.25) is 17.8 Å². The number of piperidine rings is 2. The van der Waals surface area contributed by atoms with E-state index in [4.69, 9.17) is 15.6 Å². The number of nitrogen functional groups attached to an aromatic ring is 1. The van der Waals surface area contributed by atoms with Crippen molar-refractivity contribution in [2.75, 3.05) is 24.1 Å². The number of amides is 2. The topological polar surface area (TPSA) is 153 Å². The number of carbonyl (C=O) groups is 2. The number of benzene rings is 2. The predicted octanol–water partition coefficient (Wildman–Crippen LogP) is 4.46. The molecule has 1 unspecified atom stereocenters. The minimum absolute atomic E-state index is 0.0746. The van der Waals surface area contributed by atoms with Crippen molar-refractivity contribution in [3.8, 4) is 22.8 Å². The SMILES string of the molecule is Nc1ncnc2c1c(-c1ccc(Oc3ccccc3)cc1)nn2C1CCN(Cc2ccc(NC3CCC(=O)NC3=O)nc2F)CC1. The van der Waals surface area contributed by atoms with Gasteiger partial charge in [-0.3, -0.25) is 19.8 Å². The van der Waals surface area contributed by atoms with Gasteiger partial charge in [-0.1, -0.05) is 18.2 Å². The number of anilines is 2. The second kappa shape index (κ2) is 12.5. The van der Waals surface area contributed by atoms with Crippen LogP contribution in [0.1, 0.15) is 37.3 Å². The summed E-state index contributed by atoms with van der Waals surface area (Å²) in [5.41, 5.74) is 9.09. The highest BCUT2D eigenvalue weighted by molar-refractivity contribution is 6.01. The molecule has 3 aromatic heterocycles. The predicted molar refractivity (Wildman–Crippen MR) is 169 cm³/mol. The van der Waals surface area contributed by atoms with Crippen molar-refractivity contribution in [1.82, 2.24) is 34.9 Å². The summed E-state index contributed by atoms with van der Waals surface area (Å²) in [5.74, 6) is 0.772. The van der Waals surface area contributed by atoms with E-state index in [1.54, 1.807) is 12.1 Å². The Morgan fingerprint density at radius 2 is 1.72 bits per heavy atom. The number of nitrogens with zero attached hydrogens (tertiary/aromatic N) is 6. The number of halogens is 1. The minimum Gasteiger partial charge on any atom is -0.457 e. The van der Waals surface area contributed by atoms with Crippen LogP contribution >= 0.6 is 0 Å². The third-order valence-corrected chi connectivity index (χ3v) is 8.41. The Kier molecular flexibility index (Phi) is 7.97. The Labute approximate surface area is 263 Å². The standard InChI is InChI=1S/C33H32FN9O3/c34-30-21(8-12-26(39-30)38-25-11-13-27(44)40-33(25)45)18-42-16-14-22(15-17-42)43-32-28(31(35)36-19-37-32)29(41-43)20-6-9-24(10-7-20)46-23-4-2-1-3-5-23/h1-10,12,19,22,25H,11,13-18H2,(H,38,39)(H2,35,36,37)(H,40,44,45). The fourth-order valence-electron chi connectivity index (χ4n) is 5.99. The van der Waals surface area contributed by atoms with Gasteiger partial charge in [0.05, 0.1) is 11.4 Å². The Hall–Kier alpha value is -5.43. The number of nitrogens with two attached hydrogens (primary N) is 1. The second-order valence-corrected chi connectivity index (χ2v) is 11.5. The quantitative estimate of drug-likeness (QED) is 0.167. The van der Waals surface area contributed by atoms with Crippen LogP contribution in [0.2, 0.25) is 0 Å². The van der Waals surface area contributed by atoms with Crippen molar-refractivity contribution in [3.63, 3.8) is 0 Å². The molecule has 234 valence electrons. The highest BCUT2D eigenvalue weighted by Gasteiger charge is 2.28. The summed E-state index contributed by atoms with van der Waals surface area (Å²) >= 11 is 0. The molecule has 2 aromatic carbocycles. The van der Waals surface area contributed by atoms with Gasteiger partial charge in [-0.15, -0.1) is 0 Å². The summed E-state index contributed by atoms with van der Waals surface area (Å²) in [4.78, 5) is 38.4. The summed E-state index contributed by atoms with van der Waals surface area (Å²) in [6, 6.07) is 20.1. The lowest BCUT2D eigenvalue weighted by Gasteiger charge is -2.32. The van der Waals surface area contributed by atoms with E-state index in [1.807, 2.05) is 59.3 Å². The van der Waals surface area contributed by atoms with Gasteiger partial charge in [-0.2, -0.15) is 9.49 Å². The molecule has 0 saturated carbocycles. The van der Waals surface area contributed by atoms with Crippen molar-refractivity contribution in [2.24, 2.45) is 0 Å². The fourth-order valence-corrected chi connectivity index (χ4v) is 5.99. The molecule has 2 saturated heterocycles. The number of ether oxygens (including phenoxy) is 1. The van der Waals surface area contributed by atoms with Crippen molar-refractivity contribution in [2.45, 2.75) is 44.3 Å². The molecule has 12 nitrogen and oxygen atoms in total. The van der Waals surface area contributed by atoms with E-state index in [2.05, 4.69) is 30.5 Å². The van der Waals surface area contributed by atoms with E-state index >= 15 is 0 Å². The first kappa shape index (κ1) is 29.3. The normalized spacial score (nSPS) is 17.6. The highest BCUT2D eigenvalue weighted by atomic mass is 19.1. The van der Waals surface area contributed by atoms with Crippen LogP contribution in [0.5, 0.6) is 11.5 Å². The van der Waals surface area contributed by atoms with Gasteiger partial charge in [-0.05, 0) is 67.8 Å². The molecule has 2 aliphatic rings. The summed E-state index contributed by atoms with van der Waals surface area (Å²) in [7, 11) is 0. The molecule has 1 atom stereocenters. The number of likely N-dealkylation sites (tertiary alicyclic amines) is 1. The maximum absolute atomic E-state index is 15.0. The van der Waals surface area contributed by atoms with Crippen LogP contribution in [0.3, 0.4) is 0 Å². The summed E-state index contributed by atoms with van der Waals surface area (Å²) in [6.45, 7) is 1.86. The Morgan fingerprint density at radius 1 is 0.957 bits per heavy atom. The van der Waals surface area contributed by atoms with E-state index in [0.717, 1.165) is 37.2 Å². The molecule has 5 heterocycles. The molecule has 46 heavy (non-hydrogen) atoms. The zero-order chi connectivity index (χ0) is 31.6. The number of rotatable bonds is 8. The lowest BCUT2D eigenvalue weighted by Crippen LogP contribution is -2.47. The van der Waals surface area contributed by atoms with Gasteiger partial charge < -0.3 is 15.8 Å². The number of imide groups is 1. The first-order valence-corrected chi connectivity index (χ1v) is 15.2. The van der Waals surface area contributed by atoms with E-state index in [1.165, 1.54) is 6.33 Å².